The molecule has 1 aliphatic heterocycles. The van der Waals surface area contributed by atoms with Gasteiger partial charge in [0.05, 0.1) is 18.1 Å². The van der Waals surface area contributed by atoms with Gasteiger partial charge >= 0.3 is 0 Å². The van der Waals surface area contributed by atoms with Gasteiger partial charge in [-0.1, -0.05) is 12.2 Å². The first-order chi connectivity index (χ1) is 14.8. The van der Waals surface area contributed by atoms with E-state index in [1.807, 2.05) is 38.3 Å². The van der Waals surface area contributed by atoms with Gasteiger partial charge in [-0.2, -0.15) is 15.4 Å². The number of furan rings is 1. The Kier molecular flexibility index (Phi) is 4.30. The average Bonchev–Trinajstić information content (AvgIpc) is 3.31. The fourth-order valence-corrected chi connectivity index (χ4v) is 5.42. The van der Waals surface area contributed by atoms with Gasteiger partial charge in [0.15, 0.2) is 0 Å². The zero-order chi connectivity index (χ0) is 22.0. The van der Waals surface area contributed by atoms with E-state index in [0.717, 1.165) is 40.4 Å². The summed E-state index contributed by atoms with van der Waals surface area (Å²) in [6.45, 7) is 7.52. The second kappa shape index (κ2) is 6.81. The fourth-order valence-electron chi connectivity index (χ4n) is 5.42. The summed E-state index contributed by atoms with van der Waals surface area (Å²) in [5, 5.41) is 15.0. The van der Waals surface area contributed by atoms with Crippen molar-refractivity contribution in [3.05, 3.63) is 52.1 Å². The van der Waals surface area contributed by atoms with Crippen molar-refractivity contribution in [1.82, 2.24) is 9.58 Å². The first-order valence-corrected chi connectivity index (χ1v) is 10.6. The second-order valence-electron chi connectivity index (χ2n) is 8.81. The molecule has 3 heterocycles. The Labute approximate surface area is 180 Å². The van der Waals surface area contributed by atoms with Crippen LogP contribution in [0.1, 0.15) is 46.7 Å². The van der Waals surface area contributed by atoms with Crippen LogP contribution in [0.5, 0.6) is 0 Å². The first kappa shape index (κ1) is 19.6. The van der Waals surface area contributed by atoms with Crippen molar-refractivity contribution in [2.75, 3.05) is 0 Å². The molecule has 2 bridgehead atoms. The minimum absolute atomic E-state index is 0.145. The average molecular weight is 416 g/mol. The van der Waals surface area contributed by atoms with Crippen molar-refractivity contribution in [3.8, 4) is 12.0 Å². The van der Waals surface area contributed by atoms with E-state index >= 15 is 0 Å². The van der Waals surface area contributed by atoms with E-state index in [0.29, 0.717) is 17.2 Å². The Morgan fingerprint density at radius 2 is 1.71 bits per heavy atom. The molecule has 6 rings (SSSR count). The Morgan fingerprint density at radius 1 is 1.10 bits per heavy atom. The summed E-state index contributed by atoms with van der Waals surface area (Å²) in [5.74, 6) is 0.549. The van der Waals surface area contributed by atoms with E-state index in [2.05, 4.69) is 23.3 Å². The molecule has 0 unspecified atom stereocenters. The van der Waals surface area contributed by atoms with E-state index in [1.54, 1.807) is 6.21 Å². The van der Waals surface area contributed by atoms with Gasteiger partial charge < -0.3 is 4.42 Å². The van der Waals surface area contributed by atoms with Crippen molar-refractivity contribution in [2.45, 2.75) is 40.5 Å². The van der Waals surface area contributed by atoms with Gasteiger partial charge in [0, 0.05) is 22.5 Å². The number of nitriles is 1. The Hall–Kier alpha value is -3.40. The number of nitrogens with zero attached hydrogens (tertiary/aromatic N) is 4. The highest BCUT2D eigenvalue weighted by Gasteiger charge is 2.56. The van der Waals surface area contributed by atoms with Crippen molar-refractivity contribution in [3.63, 3.8) is 0 Å². The minimum Gasteiger partial charge on any atom is -0.443 e. The molecule has 4 aliphatic rings. The molecule has 31 heavy (non-hydrogen) atoms. The van der Waals surface area contributed by atoms with Crippen LogP contribution in [-0.2, 0) is 9.59 Å². The molecule has 1 saturated carbocycles. The number of carbonyl (C=O) groups is 2. The molecule has 2 aromatic heterocycles. The molecule has 2 aromatic rings. The molecule has 2 amide bonds. The summed E-state index contributed by atoms with van der Waals surface area (Å²) in [6, 6.07) is 4.14. The molecule has 3 aliphatic carbocycles. The third-order valence-corrected chi connectivity index (χ3v) is 7.20. The van der Waals surface area contributed by atoms with E-state index in [4.69, 9.17) is 4.42 Å². The van der Waals surface area contributed by atoms with Gasteiger partial charge in [-0.3, -0.25) is 14.2 Å². The van der Waals surface area contributed by atoms with Crippen LogP contribution in [0.3, 0.4) is 0 Å². The van der Waals surface area contributed by atoms with Crippen LogP contribution < -0.4 is 0 Å². The van der Waals surface area contributed by atoms with Crippen LogP contribution in [-0.4, -0.2) is 27.6 Å². The molecule has 0 N–H and O–H groups in total. The van der Waals surface area contributed by atoms with Crippen molar-refractivity contribution >= 4 is 18.0 Å². The lowest BCUT2D eigenvalue weighted by molar-refractivity contribution is -0.140. The van der Waals surface area contributed by atoms with Gasteiger partial charge in [0.1, 0.15) is 17.4 Å². The van der Waals surface area contributed by atoms with Gasteiger partial charge in [0.25, 0.3) is 11.8 Å². The summed E-state index contributed by atoms with van der Waals surface area (Å²) in [6.07, 6.45) is 7.69. The molecule has 158 valence electrons. The summed E-state index contributed by atoms with van der Waals surface area (Å²) < 4.78 is 7.75. The molecule has 0 aromatic carbocycles. The lowest BCUT2D eigenvalue weighted by atomic mass is 9.63. The molecule has 4 atom stereocenters. The maximum atomic E-state index is 13.0. The lowest BCUT2D eigenvalue weighted by Crippen LogP contribution is -2.38. The number of hydrazone groups is 1. The van der Waals surface area contributed by atoms with Gasteiger partial charge in [0.2, 0.25) is 5.88 Å². The summed E-state index contributed by atoms with van der Waals surface area (Å²) in [7, 11) is 0. The van der Waals surface area contributed by atoms with E-state index in [-0.39, 0.29) is 35.5 Å². The standard InChI is InChI=1S/C24H24N4O3/c1-12-9-18(14(3)27(12)24-19(10-25)13(2)15(4)31-24)11-26-28-22(29)20-16-5-6-17(8-7-16)21(20)23(28)30/h5-6,9,11,16-17,20-21H,7-8H2,1-4H3/b26-11-/t16-,17-,20+,21+/m0/s1. The van der Waals surface area contributed by atoms with Crippen molar-refractivity contribution in [2.24, 2.45) is 28.8 Å². The third-order valence-electron chi connectivity index (χ3n) is 7.20. The number of imide groups is 1. The Morgan fingerprint density at radius 3 is 2.26 bits per heavy atom. The van der Waals surface area contributed by atoms with Gasteiger partial charge in [-0.15, -0.1) is 0 Å². The Bertz CT molecular complexity index is 1190. The monoisotopic (exact) mass is 416 g/mol. The molecule has 7 heteroatoms. The number of aromatic nitrogens is 1. The summed E-state index contributed by atoms with van der Waals surface area (Å²) in [4.78, 5) is 25.9. The van der Waals surface area contributed by atoms with Crippen molar-refractivity contribution < 1.29 is 14.0 Å². The van der Waals surface area contributed by atoms with Crippen LogP contribution in [0.15, 0.2) is 27.7 Å². The number of rotatable bonds is 3. The molecule has 0 spiro atoms. The number of amides is 2. The number of hydrogen-bond acceptors (Lipinski definition) is 5. The second-order valence-corrected chi connectivity index (χ2v) is 8.81. The Balaban J connectivity index is 1.48. The molecule has 2 fully saturated rings. The fraction of sp³-hybridized carbons (Fsp3) is 0.417. The van der Waals surface area contributed by atoms with Crippen LogP contribution >= 0.6 is 0 Å². The topological polar surface area (TPSA) is 91.6 Å². The number of aryl methyl sites for hydroxylation is 2. The quantitative estimate of drug-likeness (QED) is 0.433. The van der Waals surface area contributed by atoms with Crippen LogP contribution in [0.25, 0.3) is 5.88 Å². The zero-order valence-corrected chi connectivity index (χ0v) is 18.0. The highest BCUT2D eigenvalue weighted by molar-refractivity contribution is 6.06. The van der Waals surface area contributed by atoms with Gasteiger partial charge in [-0.05, 0) is 58.4 Å². The summed E-state index contributed by atoms with van der Waals surface area (Å²) >= 11 is 0. The SMILES string of the molecule is Cc1oc(-n2c(C)cc(/C=N\N3C(=O)[C@H]4[C@H](C3=O)[C@H]3C=C[C@H]4CC3)c2C)c(C#N)c1C. The highest BCUT2D eigenvalue weighted by atomic mass is 16.4. The summed E-state index contributed by atoms with van der Waals surface area (Å²) in [5.41, 5.74) is 3.78. The van der Waals surface area contributed by atoms with Crippen molar-refractivity contribution in [1.29, 1.82) is 5.26 Å². The molecule has 7 nitrogen and oxygen atoms in total. The number of carbonyl (C=O) groups excluding carboxylic acids is 2. The molecule has 0 radical (unpaired) electrons. The smallest absolute Gasteiger partial charge is 0.254 e. The van der Waals surface area contributed by atoms with E-state index in [1.165, 1.54) is 0 Å². The number of hydrogen-bond donors (Lipinski definition) is 0. The third kappa shape index (κ3) is 2.67. The maximum absolute atomic E-state index is 13.0. The van der Waals surface area contributed by atoms with Gasteiger partial charge in [-0.25, -0.2) is 0 Å². The predicted molar refractivity (Wildman–Crippen MR) is 113 cm³/mol. The van der Waals surface area contributed by atoms with Crippen LogP contribution in [0, 0.1) is 62.7 Å². The lowest BCUT2D eigenvalue weighted by Gasteiger charge is -2.37. The maximum Gasteiger partial charge on any atom is 0.254 e. The predicted octanol–water partition coefficient (Wildman–Crippen LogP) is 3.71. The van der Waals surface area contributed by atoms with E-state index in [9.17, 15) is 14.9 Å². The first-order valence-electron chi connectivity index (χ1n) is 10.6. The largest absolute Gasteiger partial charge is 0.443 e. The van der Waals surface area contributed by atoms with E-state index < -0.39 is 0 Å². The molecular weight excluding hydrogens is 392 g/mol. The minimum atomic E-state index is -0.270. The number of allylic oxidation sites excluding steroid dienone is 2. The molecular formula is C24H24N4O3. The molecule has 1 saturated heterocycles. The van der Waals surface area contributed by atoms with Crippen LogP contribution in [0.2, 0.25) is 0 Å². The normalized spacial score (nSPS) is 26.9. The zero-order valence-electron chi connectivity index (χ0n) is 18.0. The highest BCUT2D eigenvalue weighted by Crippen LogP contribution is 2.49. The van der Waals surface area contributed by atoms with Crippen LogP contribution in [0.4, 0.5) is 0 Å². The number of fused-ring (bicyclic) bond motifs is 1.